The summed E-state index contributed by atoms with van der Waals surface area (Å²) in [5.74, 6) is -0.331. The van der Waals surface area contributed by atoms with E-state index < -0.39 is 17.6 Å². The number of hydrogen-bond acceptors (Lipinski definition) is 3. The van der Waals surface area contributed by atoms with Gasteiger partial charge < -0.3 is 10.1 Å². The number of rotatable bonds is 3. The SMILES string of the molecule is COc1ccc(NC(=O)c2cccc(C(F)(F)F)c2)c(Br)n1. The fourth-order valence-electron chi connectivity index (χ4n) is 1.66. The second kappa shape index (κ2) is 6.35. The molecule has 0 fully saturated rings. The van der Waals surface area contributed by atoms with Crippen LogP contribution in [0.25, 0.3) is 0 Å². The van der Waals surface area contributed by atoms with Crippen LogP contribution in [0.1, 0.15) is 15.9 Å². The molecule has 1 heterocycles. The van der Waals surface area contributed by atoms with Crippen molar-refractivity contribution in [3.8, 4) is 5.88 Å². The van der Waals surface area contributed by atoms with Gasteiger partial charge in [0.15, 0.2) is 0 Å². The van der Waals surface area contributed by atoms with Crippen molar-refractivity contribution in [3.05, 3.63) is 52.1 Å². The van der Waals surface area contributed by atoms with E-state index in [9.17, 15) is 18.0 Å². The van der Waals surface area contributed by atoms with E-state index in [0.29, 0.717) is 16.2 Å². The predicted molar refractivity (Wildman–Crippen MR) is 77.9 cm³/mol. The third kappa shape index (κ3) is 3.76. The highest BCUT2D eigenvalue weighted by Crippen LogP contribution is 2.30. The van der Waals surface area contributed by atoms with Crippen molar-refractivity contribution in [2.45, 2.75) is 6.18 Å². The molecule has 116 valence electrons. The Balaban J connectivity index is 2.23. The first-order valence-corrected chi connectivity index (χ1v) is 6.79. The number of anilines is 1. The lowest BCUT2D eigenvalue weighted by Crippen LogP contribution is -2.14. The minimum absolute atomic E-state index is 0.0995. The average Bonchev–Trinajstić information content (AvgIpc) is 2.48. The van der Waals surface area contributed by atoms with Crippen LogP contribution in [0.4, 0.5) is 18.9 Å². The lowest BCUT2D eigenvalue weighted by molar-refractivity contribution is -0.137. The molecule has 1 N–H and O–H groups in total. The van der Waals surface area contributed by atoms with Gasteiger partial charge in [0.1, 0.15) is 4.60 Å². The van der Waals surface area contributed by atoms with Crippen molar-refractivity contribution < 1.29 is 22.7 Å². The Morgan fingerprint density at radius 3 is 2.59 bits per heavy atom. The van der Waals surface area contributed by atoms with Gasteiger partial charge in [0.2, 0.25) is 5.88 Å². The van der Waals surface area contributed by atoms with E-state index in [4.69, 9.17) is 4.74 Å². The smallest absolute Gasteiger partial charge is 0.416 e. The maximum Gasteiger partial charge on any atom is 0.416 e. The van der Waals surface area contributed by atoms with Crippen LogP contribution in [0.15, 0.2) is 41.0 Å². The highest BCUT2D eigenvalue weighted by atomic mass is 79.9. The van der Waals surface area contributed by atoms with Crippen LogP contribution in [-0.2, 0) is 6.18 Å². The molecule has 2 aromatic rings. The van der Waals surface area contributed by atoms with Gasteiger partial charge in [-0.15, -0.1) is 0 Å². The molecule has 0 atom stereocenters. The summed E-state index contributed by atoms with van der Waals surface area (Å²) in [5.41, 5.74) is -0.659. The van der Waals surface area contributed by atoms with Crippen LogP contribution >= 0.6 is 15.9 Å². The van der Waals surface area contributed by atoms with Crippen molar-refractivity contribution >= 4 is 27.5 Å². The number of methoxy groups -OCH3 is 1. The molecule has 8 heteroatoms. The quantitative estimate of drug-likeness (QED) is 0.822. The van der Waals surface area contributed by atoms with E-state index in [-0.39, 0.29) is 5.56 Å². The zero-order chi connectivity index (χ0) is 16.3. The van der Waals surface area contributed by atoms with Gasteiger partial charge >= 0.3 is 6.18 Å². The first-order chi connectivity index (χ1) is 10.3. The van der Waals surface area contributed by atoms with Gasteiger partial charge in [0.05, 0.1) is 18.4 Å². The van der Waals surface area contributed by atoms with Crippen molar-refractivity contribution in [2.75, 3.05) is 12.4 Å². The van der Waals surface area contributed by atoms with Crippen LogP contribution in [0, 0.1) is 0 Å². The van der Waals surface area contributed by atoms with Gasteiger partial charge in [-0.05, 0) is 40.2 Å². The van der Waals surface area contributed by atoms with Crippen LogP contribution < -0.4 is 10.1 Å². The minimum Gasteiger partial charge on any atom is -0.481 e. The van der Waals surface area contributed by atoms with Crippen LogP contribution in [0.3, 0.4) is 0 Å². The maximum atomic E-state index is 12.6. The molecule has 2 rings (SSSR count). The Hall–Kier alpha value is -2.09. The fraction of sp³-hybridized carbons (Fsp3) is 0.143. The third-order valence-electron chi connectivity index (χ3n) is 2.73. The van der Waals surface area contributed by atoms with Crippen molar-refractivity contribution in [1.29, 1.82) is 0 Å². The minimum atomic E-state index is -4.50. The molecule has 0 saturated carbocycles. The monoisotopic (exact) mass is 374 g/mol. The van der Waals surface area contributed by atoms with E-state index >= 15 is 0 Å². The summed E-state index contributed by atoms with van der Waals surface area (Å²) in [6, 6.07) is 7.23. The van der Waals surface area contributed by atoms with Gasteiger partial charge in [0.25, 0.3) is 5.91 Å². The highest BCUT2D eigenvalue weighted by Gasteiger charge is 2.30. The van der Waals surface area contributed by atoms with Gasteiger partial charge in [-0.1, -0.05) is 6.07 Å². The zero-order valence-corrected chi connectivity index (χ0v) is 12.8. The molecule has 0 bridgehead atoms. The number of aromatic nitrogens is 1. The summed E-state index contributed by atoms with van der Waals surface area (Å²) in [4.78, 5) is 16.0. The lowest BCUT2D eigenvalue weighted by atomic mass is 10.1. The second-order valence-corrected chi connectivity index (χ2v) is 4.98. The number of halogens is 4. The number of carbonyl (C=O) groups excluding carboxylic acids is 1. The van der Waals surface area contributed by atoms with E-state index in [1.54, 1.807) is 0 Å². The molecule has 22 heavy (non-hydrogen) atoms. The van der Waals surface area contributed by atoms with E-state index in [1.165, 1.54) is 31.4 Å². The van der Waals surface area contributed by atoms with Crippen LogP contribution in [-0.4, -0.2) is 18.0 Å². The average molecular weight is 375 g/mol. The molecule has 0 aliphatic carbocycles. The number of nitrogens with one attached hydrogen (secondary N) is 1. The van der Waals surface area contributed by atoms with E-state index in [2.05, 4.69) is 26.2 Å². The number of ether oxygens (including phenoxy) is 1. The largest absolute Gasteiger partial charge is 0.481 e. The number of pyridine rings is 1. The predicted octanol–water partition coefficient (Wildman–Crippen LogP) is 4.12. The fourth-order valence-corrected chi connectivity index (χ4v) is 2.06. The Labute approximate surface area is 132 Å². The molecule has 0 spiro atoms. The molecule has 0 unspecified atom stereocenters. The van der Waals surface area contributed by atoms with Crippen molar-refractivity contribution in [2.24, 2.45) is 0 Å². The third-order valence-corrected chi connectivity index (χ3v) is 3.34. The summed E-state index contributed by atoms with van der Waals surface area (Å²) in [6.07, 6.45) is -4.50. The molecule has 0 radical (unpaired) electrons. The Kier molecular flexibility index (Phi) is 4.70. The van der Waals surface area contributed by atoms with Gasteiger partial charge in [0, 0.05) is 11.6 Å². The van der Waals surface area contributed by atoms with Crippen LogP contribution in [0.5, 0.6) is 5.88 Å². The lowest BCUT2D eigenvalue weighted by Gasteiger charge is -2.10. The van der Waals surface area contributed by atoms with Crippen molar-refractivity contribution in [3.63, 3.8) is 0 Å². The van der Waals surface area contributed by atoms with Gasteiger partial charge in [-0.25, -0.2) is 4.98 Å². The van der Waals surface area contributed by atoms with E-state index in [1.807, 2.05) is 0 Å². The number of hydrogen-bond donors (Lipinski definition) is 1. The topological polar surface area (TPSA) is 51.2 Å². The number of carbonyl (C=O) groups is 1. The van der Waals surface area contributed by atoms with Crippen LogP contribution in [0.2, 0.25) is 0 Å². The second-order valence-electron chi connectivity index (χ2n) is 4.22. The maximum absolute atomic E-state index is 12.6. The Morgan fingerprint density at radius 2 is 2.00 bits per heavy atom. The molecular formula is C14H10BrF3N2O2. The zero-order valence-electron chi connectivity index (χ0n) is 11.2. The Bertz CT molecular complexity index is 705. The highest BCUT2D eigenvalue weighted by molar-refractivity contribution is 9.10. The van der Waals surface area contributed by atoms with Crippen molar-refractivity contribution in [1.82, 2.24) is 4.98 Å². The standard InChI is InChI=1S/C14H10BrF3N2O2/c1-22-11-6-5-10(12(15)20-11)19-13(21)8-3-2-4-9(7-8)14(16,17)18/h2-7H,1H3,(H,19,21). The van der Waals surface area contributed by atoms with Gasteiger partial charge in [-0.3, -0.25) is 4.79 Å². The normalized spacial score (nSPS) is 11.1. The summed E-state index contributed by atoms with van der Waals surface area (Å²) >= 11 is 3.15. The summed E-state index contributed by atoms with van der Waals surface area (Å²) in [7, 11) is 1.44. The molecule has 4 nitrogen and oxygen atoms in total. The summed E-state index contributed by atoms with van der Waals surface area (Å²) < 4.78 is 43.2. The molecule has 1 aromatic carbocycles. The number of alkyl halides is 3. The Morgan fingerprint density at radius 1 is 1.27 bits per heavy atom. The van der Waals surface area contributed by atoms with E-state index in [0.717, 1.165) is 12.1 Å². The number of nitrogens with zero attached hydrogens (tertiary/aromatic N) is 1. The molecule has 1 aromatic heterocycles. The summed E-state index contributed by atoms with van der Waals surface area (Å²) in [6.45, 7) is 0. The number of amides is 1. The molecular weight excluding hydrogens is 365 g/mol. The number of benzene rings is 1. The molecule has 1 amide bonds. The first-order valence-electron chi connectivity index (χ1n) is 6.00. The van der Waals surface area contributed by atoms with Gasteiger partial charge in [-0.2, -0.15) is 13.2 Å². The first kappa shape index (κ1) is 16.3. The molecule has 0 aliphatic heterocycles. The summed E-state index contributed by atoms with van der Waals surface area (Å²) in [5, 5.41) is 2.49. The molecule has 0 saturated heterocycles. The molecule has 0 aliphatic rings.